The second kappa shape index (κ2) is 6.16. The molecule has 1 aromatic carbocycles. The Kier molecular flexibility index (Phi) is 4.85. The van der Waals surface area contributed by atoms with Gasteiger partial charge in [-0.3, -0.25) is 0 Å². The standard InChI is InChI=1S/C12H12F3NO/c1-2-3-8-16-9-10-4-6-11(7-5-10)17-12(13,14)15/h4-7,16H,8-9H2,1H3. The highest BCUT2D eigenvalue weighted by Crippen LogP contribution is 2.22. The largest absolute Gasteiger partial charge is 0.573 e. The van der Waals surface area contributed by atoms with Crippen LogP contribution >= 0.6 is 0 Å². The summed E-state index contributed by atoms with van der Waals surface area (Å²) < 4.78 is 39.4. The molecule has 5 heteroatoms. The lowest BCUT2D eigenvalue weighted by Gasteiger charge is -2.09. The van der Waals surface area contributed by atoms with Crippen LogP contribution in [0.4, 0.5) is 13.2 Å². The minimum atomic E-state index is -4.64. The van der Waals surface area contributed by atoms with Crippen LogP contribution in [0.15, 0.2) is 24.3 Å². The molecule has 0 aromatic heterocycles. The minimum Gasteiger partial charge on any atom is -0.406 e. The van der Waals surface area contributed by atoms with Gasteiger partial charge in [0.05, 0.1) is 6.54 Å². The molecular formula is C12H12F3NO. The van der Waals surface area contributed by atoms with E-state index in [9.17, 15) is 13.2 Å². The van der Waals surface area contributed by atoms with E-state index in [0.29, 0.717) is 13.1 Å². The summed E-state index contributed by atoms with van der Waals surface area (Å²) in [5.74, 6) is 5.34. The quantitative estimate of drug-likeness (QED) is 0.648. The van der Waals surface area contributed by atoms with E-state index in [1.165, 1.54) is 12.1 Å². The molecule has 0 saturated carbocycles. The number of rotatable bonds is 4. The molecule has 0 aliphatic heterocycles. The molecule has 2 nitrogen and oxygen atoms in total. The lowest BCUT2D eigenvalue weighted by molar-refractivity contribution is -0.274. The molecule has 1 N–H and O–H groups in total. The van der Waals surface area contributed by atoms with Gasteiger partial charge in [-0.05, 0) is 24.6 Å². The molecule has 0 atom stereocenters. The Morgan fingerprint density at radius 1 is 1.24 bits per heavy atom. The zero-order valence-electron chi connectivity index (χ0n) is 9.27. The van der Waals surface area contributed by atoms with E-state index in [1.54, 1.807) is 19.1 Å². The first-order chi connectivity index (χ1) is 8.01. The third-order valence-corrected chi connectivity index (χ3v) is 1.88. The van der Waals surface area contributed by atoms with Gasteiger partial charge >= 0.3 is 6.36 Å². The van der Waals surface area contributed by atoms with Crippen LogP contribution < -0.4 is 10.1 Å². The first kappa shape index (κ1) is 13.4. The molecule has 0 spiro atoms. The molecule has 0 aliphatic carbocycles. The third-order valence-electron chi connectivity index (χ3n) is 1.88. The van der Waals surface area contributed by atoms with Gasteiger partial charge < -0.3 is 10.1 Å². The van der Waals surface area contributed by atoms with Gasteiger partial charge in [0.2, 0.25) is 0 Å². The van der Waals surface area contributed by atoms with Crippen LogP contribution in [-0.4, -0.2) is 12.9 Å². The molecule has 0 aliphatic rings. The average Bonchev–Trinajstić information content (AvgIpc) is 2.25. The van der Waals surface area contributed by atoms with Crippen molar-refractivity contribution in [3.8, 4) is 17.6 Å². The zero-order chi connectivity index (χ0) is 12.7. The fourth-order valence-corrected chi connectivity index (χ4v) is 1.17. The Hall–Kier alpha value is -1.67. The fourth-order valence-electron chi connectivity index (χ4n) is 1.17. The van der Waals surface area contributed by atoms with Gasteiger partial charge in [0.25, 0.3) is 0 Å². The fraction of sp³-hybridized carbons (Fsp3) is 0.333. The van der Waals surface area contributed by atoms with Crippen molar-refractivity contribution < 1.29 is 17.9 Å². The van der Waals surface area contributed by atoms with Gasteiger partial charge in [-0.15, -0.1) is 19.1 Å². The number of benzene rings is 1. The van der Waals surface area contributed by atoms with Crippen molar-refractivity contribution in [2.75, 3.05) is 6.54 Å². The molecule has 92 valence electrons. The van der Waals surface area contributed by atoms with E-state index in [0.717, 1.165) is 5.56 Å². The van der Waals surface area contributed by atoms with Crippen molar-refractivity contribution in [3.63, 3.8) is 0 Å². The number of nitrogens with one attached hydrogen (secondary N) is 1. The molecule has 0 fully saturated rings. The molecule has 17 heavy (non-hydrogen) atoms. The van der Waals surface area contributed by atoms with Crippen LogP contribution in [0.5, 0.6) is 5.75 Å². The van der Waals surface area contributed by atoms with Gasteiger partial charge in [0, 0.05) is 6.54 Å². The predicted molar refractivity (Wildman–Crippen MR) is 58.3 cm³/mol. The highest BCUT2D eigenvalue weighted by atomic mass is 19.4. The molecule has 1 rings (SSSR count). The lowest BCUT2D eigenvalue weighted by atomic mass is 10.2. The zero-order valence-corrected chi connectivity index (χ0v) is 9.27. The minimum absolute atomic E-state index is 0.213. The van der Waals surface area contributed by atoms with Crippen molar-refractivity contribution >= 4 is 0 Å². The Bertz CT molecular complexity index is 400. The number of alkyl halides is 3. The highest BCUT2D eigenvalue weighted by molar-refractivity contribution is 5.27. The number of hydrogen-bond donors (Lipinski definition) is 1. The molecule has 0 unspecified atom stereocenters. The second-order valence-electron chi connectivity index (χ2n) is 3.22. The summed E-state index contributed by atoms with van der Waals surface area (Å²) in [6.07, 6.45) is -4.64. The molecule has 0 bridgehead atoms. The second-order valence-corrected chi connectivity index (χ2v) is 3.22. The Labute approximate surface area is 97.8 Å². The molecule has 0 radical (unpaired) electrons. The average molecular weight is 243 g/mol. The molecule has 0 saturated heterocycles. The van der Waals surface area contributed by atoms with E-state index in [4.69, 9.17) is 0 Å². The maximum Gasteiger partial charge on any atom is 0.573 e. The van der Waals surface area contributed by atoms with Gasteiger partial charge in [0.1, 0.15) is 5.75 Å². The smallest absolute Gasteiger partial charge is 0.406 e. The molecule has 0 amide bonds. The maximum atomic E-state index is 11.9. The van der Waals surface area contributed by atoms with Crippen molar-refractivity contribution in [1.82, 2.24) is 5.32 Å². The first-order valence-electron chi connectivity index (χ1n) is 4.96. The number of halogens is 3. The van der Waals surface area contributed by atoms with Crippen molar-refractivity contribution in [2.45, 2.75) is 19.8 Å². The maximum absolute atomic E-state index is 11.9. The monoisotopic (exact) mass is 243 g/mol. The predicted octanol–water partition coefficient (Wildman–Crippen LogP) is 2.70. The summed E-state index contributed by atoms with van der Waals surface area (Å²) in [5, 5.41) is 3.03. The van der Waals surface area contributed by atoms with Crippen molar-refractivity contribution in [1.29, 1.82) is 0 Å². The summed E-state index contributed by atoms with van der Waals surface area (Å²) in [5.41, 5.74) is 0.873. The molecular weight excluding hydrogens is 231 g/mol. The number of hydrogen-bond acceptors (Lipinski definition) is 2. The van der Waals surface area contributed by atoms with Gasteiger partial charge in [0.15, 0.2) is 0 Å². The summed E-state index contributed by atoms with van der Waals surface area (Å²) in [6.45, 7) is 2.85. The summed E-state index contributed by atoms with van der Waals surface area (Å²) in [4.78, 5) is 0. The van der Waals surface area contributed by atoms with E-state index in [1.807, 2.05) is 0 Å². The van der Waals surface area contributed by atoms with E-state index < -0.39 is 6.36 Å². The van der Waals surface area contributed by atoms with Crippen LogP contribution in [0.3, 0.4) is 0 Å². The summed E-state index contributed by atoms with van der Waals surface area (Å²) >= 11 is 0. The van der Waals surface area contributed by atoms with E-state index in [-0.39, 0.29) is 5.75 Å². The summed E-state index contributed by atoms with van der Waals surface area (Å²) in [7, 11) is 0. The van der Waals surface area contributed by atoms with Crippen molar-refractivity contribution in [3.05, 3.63) is 29.8 Å². The SMILES string of the molecule is CC#CCNCc1ccc(OC(F)(F)F)cc1. The molecule has 1 aromatic rings. The normalized spacial score (nSPS) is 10.6. The highest BCUT2D eigenvalue weighted by Gasteiger charge is 2.30. The Balaban J connectivity index is 2.46. The van der Waals surface area contributed by atoms with Gasteiger partial charge in [-0.25, -0.2) is 0 Å². The van der Waals surface area contributed by atoms with Crippen LogP contribution in [0.1, 0.15) is 12.5 Å². The topological polar surface area (TPSA) is 21.3 Å². The summed E-state index contributed by atoms with van der Waals surface area (Å²) in [6, 6.07) is 5.73. The van der Waals surface area contributed by atoms with Crippen LogP contribution in [0.25, 0.3) is 0 Å². The Morgan fingerprint density at radius 2 is 1.88 bits per heavy atom. The number of ether oxygens (including phenoxy) is 1. The van der Waals surface area contributed by atoms with Crippen LogP contribution in [0.2, 0.25) is 0 Å². The van der Waals surface area contributed by atoms with Gasteiger partial charge in [-0.1, -0.05) is 18.1 Å². The lowest BCUT2D eigenvalue weighted by Crippen LogP contribution is -2.17. The van der Waals surface area contributed by atoms with Crippen LogP contribution in [-0.2, 0) is 6.54 Å². The van der Waals surface area contributed by atoms with E-state index >= 15 is 0 Å². The molecule has 0 heterocycles. The third kappa shape index (κ3) is 5.83. The Morgan fingerprint density at radius 3 is 2.41 bits per heavy atom. The van der Waals surface area contributed by atoms with Gasteiger partial charge in [-0.2, -0.15) is 0 Å². The first-order valence-corrected chi connectivity index (χ1v) is 4.96. The van der Waals surface area contributed by atoms with Crippen LogP contribution in [0, 0.1) is 11.8 Å². The van der Waals surface area contributed by atoms with E-state index in [2.05, 4.69) is 21.9 Å². The van der Waals surface area contributed by atoms with Crippen molar-refractivity contribution in [2.24, 2.45) is 0 Å².